The van der Waals surface area contributed by atoms with Crippen molar-refractivity contribution in [1.29, 1.82) is 0 Å². The number of rotatable bonds is 6. The third-order valence-electron chi connectivity index (χ3n) is 16.7. The van der Waals surface area contributed by atoms with Crippen molar-refractivity contribution < 1.29 is 20.4 Å². The quantitative estimate of drug-likeness (QED) is 0.155. The third-order valence-corrected chi connectivity index (χ3v) is 16.7. The summed E-state index contributed by atoms with van der Waals surface area (Å²) < 4.78 is 0. The molecule has 16 aromatic rings. The summed E-state index contributed by atoms with van der Waals surface area (Å²) in [5.74, 6) is -0.549. The first-order valence-electron chi connectivity index (χ1n) is 28.2. The second kappa shape index (κ2) is 21.7. The van der Waals surface area contributed by atoms with Crippen molar-refractivity contribution in [3.8, 4) is 89.8 Å². The van der Waals surface area contributed by atoms with E-state index in [1.807, 2.05) is 218 Å². The minimum atomic E-state index is -0.137. The van der Waals surface area contributed by atoms with E-state index in [4.69, 9.17) is 0 Å². The zero-order valence-electron chi connectivity index (χ0n) is 45.8. The number of benzene rings is 16. The van der Waals surface area contributed by atoms with Crippen LogP contribution < -0.4 is 20.4 Å². The molecule has 0 aliphatic rings. The minimum absolute atomic E-state index is 0. The average Bonchev–Trinajstić information content (AvgIpc) is 1.49. The molecule has 396 valence electrons. The summed E-state index contributed by atoms with van der Waals surface area (Å²) in [6.07, 6.45) is 0. The molecule has 0 unspecified atom stereocenters. The van der Waals surface area contributed by atoms with Crippen LogP contribution in [0.3, 0.4) is 0 Å². The van der Waals surface area contributed by atoms with Crippen molar-refractivity contribution in [1.82, 2.24) is 0 Å². The molecule has 0 heterocycles. The summed E-state index contributed by atoms with van der Waals surface area (Å²) in [4.78, 5) is 0. The van der Waals surface area contributed by atoms with E-state index in [0.717, 1.165) is 108 Å². The van der Waals surface area contributed by atoms with Crippen LogP contribution in [-0.4, -0.2) is 23.9 Å². The Bertz CT molecular complexity index is 4670. The van der Waals surface area contributed by atoms with Gasteiger partial charge in [-0.05, 0) is 201 Å². The SMILES string of the molecule is [O-]c1c(-c2ccc3ccccc3c2)cc2ccccc2c1-c1c([O-])c(-c2ccc3ccccc3c2)cc2ccccc12.[O-]c1c(-c2ccc3ccccc3c2)cc2ccccc2c1-c1c([O-])c(-c2ccc3ccccc3c2)cc2ccccc12.[Sn+4]. The van der Waals surface area contributed by atoms with Crippen LogP contribution in [0.15, 0.2) is 291 Å². The predicted molar refractivity (Wildman–Crippen MR) is 349 cm³/mol. The van der Waals surface area contributed by atoms with E-state index in [0.29, 0.717) is 44.5 Å². The second-order valence-corrected chi connectivity index (χ2v) is 21.6. The maximum atomic E-state index is 14.6. The predicted octanol–water partition coefficient (Wildman–Crippen LogP) is 18.5. The number of fused-ring (bicyclic) bond motifs is 8. The molecule has 5 heteroatoms. The van der Waals surface area contributed by atoms with Crippen molar-refractivity contribution in [3.05, 3.63) is 291 Å². The van der Waals surface area contributed by atoms with Crippen LogP contribution in [0.4, 0.5) is 0 Å². The van der Waals surface area contributed by atoms with Crippen LogP contribution in [0.25, 0.3) is 153 Å². The molecule has 0 saturated heterocycles. The molecule has 0 N–H and O–H groups in total. The number of hydrogen-bond donors (Lipinski definition) is 0. The fraction of sp³-hybridized carbons (Fsp3) is 0. The zero-order chi connectivity index (χ0) is 56.4. The molecule has 0 aromatic heterocycles. The van der Waals surface area contributed by atoms with Crippen LogP contribution in [0.2, 0.25) is 0 Å². The molecule has 4 nitrogen and oxygen atoms in total. The zero-order valence-corrected chi connectivity index (χ0v) is 48.7. The summed E-state index contributed by atoms with van der Waals surface area (Å²) in [5.41, 5.74) is 7.56. The standard InChI is InChI=1S/2C40H26O2.Sn/c2*41-39-35(31-19-17-25-9-1-3-11-27(25)21-31)23-29-13-5-7-15-33(29)37(39)38-34-16-8-6-14-30(34)24-36(40(38)42)32-20-18-26-10-2-4-12-28(26)22-32;/h2*1-24,41-42H;/q;;+4/p-4. The van der Waals surface area contributed by atoms with Gasteiger partial charge < -0.3 is 20.4 Å². The van der Waals surface area contributed by atoms with E-state index in [1.165, 1.54) is 0 Å². The monoisotopic (exact) mass is 1190 g/mol. The van der Waals surface area contributed by atoms with Gasteiger partial charge in [-0.25, -0.2) is 0 Å². The molecule has 0 radical (unpaired) electrons. The smallest absolute Gasteiger partial charge is 0.872 e. The molecule has 85 heavy (non-hydrogen) atoms. The molecular weight excluding hydrogens is 1140 g/mol. The van der Waals surface area contributed by atoms with Gasteiger partial charge in [0.25, 0.3) is 0 Å². The molecule has 16 rings (SSSR count). The first kappa shape index (κ1) is 52.7. The van der Waals surface area contributed by atoms with Crippen LogP contribution in [0, 0.1) is 0 Å². The minimum Gasteiger partial charge on any atom is -0.872 e. The van der Waals surface area contributed by atoms with Gasteiger partial charge in [-0.15, -0.1) is 0 Å². The van der Waals surface area contributed by atoms with Gasteiger partial charge in [0.05, 0.1) is 0 Å². The van der Waals surface area contributed by atoms with Crippen LogP contribution >= 0.6 is 0 Å². The van der Waals surface area contributed by atoms with Crippen molar-refractivity contribution in [3.63, 3.8) is 0 Å². The van der Waals surface area contributed by atoms with Crippen molar-refractivity contribution >= 4 is 110 Å². The normalized spacial score (nSPS) is 11.4. The molecule has 0 fully saturated rings. The Morgan fingerprint density at radius 3 is 0.553 bits per heavy atom. The number of hydrogen-bond acceptors (Lipinski definition) is 4. The molecule has 0 bridgehead atoms. The molecule has 0 atom stereocenters. The average molecular weight is 1190 g/mol. The summed E-state index contributed by atoms with van der Waals surface area (Å²) in [5, 5.41) is 74.0. The summed E-state index contributed by atoms with van der Waals surface area (Å²) >= 11 is 0. The van der Waals surface area contributed by atoms with E-state index in [1.54, 1.807) is 0 Å². The Morgan fingerprint density at radius 2 is 0.341 bits per heavy atom. The van der Waals surface area contributed by atoms with Gasteiger partial charge in [0.2, 0.25) is 0 Å². The fourth-order valence-corrected chi connectivity index (χ4v) is 12.6. The Morgan fingerprint density at radius 1 is 0.165 bits per heavy atom. The van der Waals surface area contributed by atoms with E-state index < -0.39 is 0 Å². The largest absolute Gasteiger partial charge is 4.00 e. The van der Waals surface area contributed by atoms with Gasteiger partial charge in [0, 0.05) is 0 Å². The van der Waals surface area contributed by atoms with Crippen molar-refractivity contribution in [2.45, 2.75) is 0 Å². The van der Waals surface area contributed by atoms with Crippen LogP contribution in [0.5, 0.6) is 23.0 Å². The van der Waals surface area contributed by atoms with Gasteiger partial charge >= 0.3 is 23.9 Å². The van der Waals surface area contributed by atoms with Crippen LogP contribution in [-0.2, 0) is 0 Å². The molecule has 0 aliphatic carbocycles. The van der Waals surface area contributed by atoms with E-state index in [2.05, 4.69) is 72.8 Å². The van der Waals surface area contributed by atoms with E-state index >= 15 is 0 Å². The van der Waals surface area contributed by atoms with Gasteiger partial charge in [-0.1, -0.05) is 266 Å². The molecule has 0 aliphatic heterocycles. The van der Waals surface area contributed by atoms with Crippen molar-refractivity contribution in [2.75, 3.05) is 0 Å². The molecule has 0 spiro atoms. The third kappa shape index (κ3) is 9.28. The van der Waals surface area contributed by atoms with Gasteiger partial charge in [0.1, 0.15) is 0 Å². The topological polar surface area (TPSA) is 92.2 Å². The molecular formula is C80H48O4Sn. The second-order valence-electron chi connectivity index (χ2n) is 21.6. The Hall–Kier alpha value is -10.4. The molecule has 0 saturated carbocycles. The van der Waals surface area contributed by atoms with E-state index in [-0.39, 0.29) is 46.9 Å². The van der Waals surface area contributed by atoms with Crippen LogP contribution in [0.1, 0.15) is 0 Å². The molecule has 0 amide bonds. The summed E-state index contributed by atoms with van der Waals surface area (Å²) in [6.45, 7) is 0. The van der Waals surface area contributed by atoms with E-state index in [9.17, 15) is 20.4 Å². The first-order chi connectivity index (χ1) is 41.3. The maximum absolute atomic E-state index is 14.6. The Balaban J connectivity index is 0.000000149. The first-order valence-corrected chi connectivity index (χ1v) is 28.2. The summed E-state index contributed by atoms with van der Waals surface area (Å²) in [7, 11) is 0. The van der Waals surface area contributed by atoms with Gasteiger partial charge in [0.15, 0.2) is 0 Å². The maximum Gasteiger partial charge on any atom is 4.00 e. The van der Waals surface area contributed by atoms with Crippen molar-refractivity contribution in [2.24, 2.45) is 0 Å². The fourth-order valence-electron chi connectivity index (χ4n) is 12.6. The summed E-state index contributed by atoms with van der Waals surface area (Å²) in [6, 6.07) is 96.4. The Kier molecular flexibility index (Phi) is 13.5. The molecule has 16 aromatic carbocycles. The van der Waals surface area contributed by atoms with Gasteiger partial charge in [-0.2, -0.15) is 0 Å². The Labute approximate surface area is 508 Å². The van der Waals surface area contributed by atoms with Gasteiger partial charge in [-0.3, -0.25) is 0 Å².